The maximum atomic E-state index is 4.44. The average molecular weight is 332 g/mol. The molecule has 124 valence electrons. The summed E-state index contributed by atoms with van der Waals surface area (Å²) < 4.78 is 0. The first-order chi connectivity index (χ1) is 9.16. The summed E-state index contributed by atoms with van der Waals surface area (Å²) in [4.78, 5) is 0. The topological polar surface area (TPSA) is 56.4 Å². The van der Waals surface area contributed by atoms with Gasteiger partial charge in [0.1, 0.15) is 0 Å². The van der Waals surface area contributed by atoms with Crippen molar-refractivity contribution in [3.8, 4) is 0 Å². The maximum absolute atomic E-state index is 4.44. The summed E-state index contributed by atoms with van der Waals surface area (Å²) in [5, 5.41) is 15.9. The molecule has 0 saturated carbocycles. The van der Waals surface area contributed by atoms with E-state index in [2.05, 4.69) is 62.8 Å². The first-order valence-electron chi connectivity index (χ1n) is 7.21. The van der Waals surface area contributed by atoms with Crippen LogP contribution in [0, 0.1) is 0 Å². The molecule has 0 fully saturated rings. The van der Waals surface area contributed by atoms with Gasteiger partial charge in [-0.05, 0) is 0 Å². The summed E-state index contributed by atoms with van der Waals surface area (Å²) in [5.74, 6) is 0. The van der Waals surface area contributed by atoms with Crippen molar-refractivity contribution in [2.45, 2.75) is 65.5 Å². The largest absolute Gasteiger partial charge is 4.00 e. The van der Waals surface area contributed by atoms with Gasteiger partial charge in [-0.1, -0.05) is 54.4 Å². The standard InChI is InChI=1S/C12H24N2.2C2H6N.Ti/c1-7-11(3,4)13-9-10-14-12(5,6)8-2;2*1-3-2;/h9-10H,7-8H2,1-6H3;2*1-2H3;/q-2;2*-1;+4. The molecule has 0 aromatic carbocycles. The van der Waals surface area contributed by atoms with Crippen LogP contribution in [0.1, 0.15) is 54.4 Å². The van der Waals surface area contributed by atoms with Crippen molar-refractivity contribution in [2.75, 3.05) is 28.2 Å². The first kappa shape index (κ1) is 29.0. The zero-order valence-corrected chi connectivity index (χ0v) is 17.4. The molecule has 0 saturated heterocycles. The maximum Gasteiger partial charge on any atom is 4.00 e. The van der Waals surface area contributed by atoms with E-state index in [4.69, 9.17) is 0 Å². The van der Waals surface area contributed by atoms with E-state index in [1.54, 1.807) is 28.2 Å². The van der Waals surface area contributed by atoms with Crippen LogP contribution in [0.25, 0.3) is 21.3 Å². The fourth-order valence-electron chi connectivity index (χ4n) is 0.653. The van der Waals surface area contributed by atoms with Crippen LogP contribution in [0.2, 0.25) is 0 Å². The summed E-state index contributed by atoms with van der Waals surface area (Å²) in [5.41, 5.74) is 0.0881. The van der Waals surface area contributed by atoms with Gasteiger partial charge in [-0.15, -0.1) is 11.1 Å². The van der Waals surface area contributed by atoms with Gasteiger partial charge < -0.3 is 21.3 Å². The summed E-state index contributed by atoms with van der Waals surface area (Å²) in [6, 6.07) is 0. The molecule has 0 N–H and O–H groups in total. The van der Waals surface area contributed by atoms with Crippen LogP contribution in [0.15, 0.2) is 12.4 Å². The number of rotatable bonds is 6. The van der Waals surface area contributed by atoms with Crippen LogP contribution in [0.3, 0.4) is 0 Å². The molecule has 0 amide bonds. The Labute approximate surface area is 149 Å². The van der Waals surface area contributed by atoms with Crippen LogP contribution in [0.4, 0.5) is 0 Å². The minimum Gasteiger partial charge on any atom is -0.687 e. The summed E-state index contributed by atoms with van der Waals surface area (Å²) in [6.45, 7) is 12.8. The van der Waals surface area contributed by atoms with E-state index >= 15 is 0 Å². The van der Waals surface area contributed by atoms with Crippen LogP contribution in [-0.4, -0.2) is 39.3 Å². The Hall–Kier alpha value is -0.0257. The number of nitrogens with zero attached hydrogens (tertiary/aromatic N) is 4. The normalized spacial score (nSPS) is 10.6. The summed E-state index contributed by atoms with van der Waals surface area (Å²) in [7, 11) is 7.00. The van der Waals surface area contributed by atoms with Gasteiger partial charge in [0.05, 0.1) is 0 Å². The van der Waals surface area contributed by atoms with E-state index in [0.29, 0.717) is 0 Å². The Balaban J connectivity index is -0.000000177. The van der Waals surface area contributed by atoms with Gasteiger partial charge in [0.25, 0.3) is 0 Å². The van der Waals surface area contributed by atoms with Gasteiger partial charge in [0.15, 0.2) is 0 Å². The minimum atomic E-state index is 0. The van der Waals surface area contributed by atoms with Crippen LogP contribution in [-0.2, 0) is 21.7 Å². The van der Waals surface area contributed by atoms with Gasteiger partial charge in [-0.3, -0.25) is 0 Å². The molecule has 0 aromatic heterocycles. The first-order valence-corrected chi connectivity index (χ1v) is 7.21. The molecule has 0 heterocycles. The molecule has 0 unspecified atom stereocenters. The van der Waals surface area contributed by atoms with Crippen molar-refractivity contribution in [3.05, 3.63) is 33.7 Å². The quantitative estimate of drug-likeness (QED) is 0.550. The predicted octanol–water partition coefficient (Wildman–Crippen LogP) is 5.82. The zero-order valence-electron chi connectivity index (χ0n) is 15.9. The third-order valence-electron chi connectivity index (χ3n) is 2.65. The van der Waals surface area contributed by atoms with E-state index in [-0.39, 0.29) is 32.8 Å². The van der Waals surface area contributed by atoms with Gasteiger partial charge in [0.2, 0.25) is 0 Å². The monoisotopic (exact) mass is 332 g/mol. The molecule has 4 nitrogen and oxygen atoms in total. The molecular weight excluding hydrogens is 296 g/mol. The fraction of sp³-hybridized carbons (Fsp3) is 0.875. The van der Waals surface area contributed by atoms with E-state index in [9.17, 15) is 0 Å². The van der Waals surface area contributed by atoms with Crippen molar-refractivity contribution < 1.29 is 21.7 Å². The van der Waals surface area contributed by atoms with Crippen LogP contribution >= 0.6 is 0 Å². The average Bonchev–Trinajstić information content (AvgIpc) is 2.37. The molecule has 5 heteroatoms. The third kappa shape index (κ3) is 28.8. The van der Waals surface area contributed by atoms with Crippen molar-refractivity contribution >= 4 is 0 Å². The van der Waals surface area contributed by atoms with E-state index in [1.807, 2.05) is 12.4 Å². The Morgan fingerprint density at radius 1 is 0.667 bits per heavy atom. The molecule has 0 bridgehead atoms. The smallest absolute Gasteiger partial charge is 0.687 e. The molecule has 0 atom stereocenters. The van der Waals surface area contributed by atoms with E-state index < -0.39 is 0 Å². The molecule has 0 aromatic rings. The molecule has 21 heavy (non-hydrogen) atoms. The zero-order chi connectivity index (χ0) is 16.7. The second-order valence-corrected chi connectivity index (χ2v) is 5.78. The number of hydrogen-bond acceptors (Lipinski definition) is 0. The Bertz CT molecular complexity index is 194. The Morgan fingerprint density at radius 3 is 1.00 bits per heavy atom. The van der Waals surface area contributed by atoms with Crippen LogP contribution in [0.5, 0.6) is 0 Å². The van der Waals surface area contributed by atoms with Crippen LogP contribution < -0.4 is 0 Å². The number of hydrogen-bond donors (Lipinski definition) is 0. The Kier molecular flexibility index (Phi) is 24.9. The summed E-state index contributed by atoms with van der Waals surface area (Å²) in [6.07, 6.45) is 5.74. The molecule has 0 spiro atoms. The molecule has 0 radical (unpaired) electrons. The van der Waals surface area contributed by atoms with Crippen molar-refractivity contribution in [1.29, 1.82) is 0 Å². The van der Waals surface area contributed by atoms with Crippen molar-refractivity contribution in [1.82, 2.24) is 0 Å². The van der Waals surface area contributed by atoms with Gasteiger partial charge >= 0.3 is 21.7 Å². The molecule has 0 aliphatic carbocycles. The van der Waals surface area contributed by atoms with E-state index in [1.165, 1.54) is 0 Å². The Morgan fingerprint density at radius 2 is 0.857 bits per heavy atom. The SMILES string of the molecule is CCC(C)(C)[N-]C=C[N-]C(C)(C)CC.C[N-]C.C[N-]C.[Ti+4]. The molecule has 0 aliphatic heterocycles. The molecule has 0 aliphatic rings. The second-order valence-electron chi connectivity index (χ2n) is 5.78. The van der Waals surface area contributed by atoms with E-state index in [0.717, 1.165) is 12.8 Å². The summed E-state index contributed by atoms with van der Waals surface area (Å²) >= 11 is 0. The fourth-order valence-corrected chi connectivity index (χ4v) is 0.653. The van der Waals surface area contributed by atoms with Crippen molar-refractivity contribution in [2.24, 2.45) is 0 Å². The molecular formula is C16H36N4Ti. The van der Waals surface area contributed by atoms with Gasteiger partial charge in [0, 0.05) is 0 Å². The van der Waals surface area contributed by atoms with Gasteiger partial charge in [-0.2, -0.15) is 28.2 Å². The predicted molar refractivity (Wildman–Crippen MR) is 95.0 cm³/mol. The molecule has 0 rings (SSSR count). The van der Waals surface area contributed by atoms with Gasteiger partial charge in [-0.25, -0.2) is 12.4 Å². The minimum absolute atomic E-state index is 0. The van der Waals surface area contributed by atoms with Crippen molar-refractivity contribution in [3.63, 3.8) is 0 Å². The third-order valence-corrected chi connectivity index (χ3v) is 2.65. The second kappa shape index (κ2) is 18.0.